The highest BCUT2D eigenvalue weighted by atomic mass is 35.5. The third kappa shape index (κ3) is 4.44. The van der Waals surface area contributed by atoms with Crippen LogP contribution in [0.25, 0.3) is 10.6 Å². The van der Waals surface area contributed by atoms with E-state index >= 15 is 0 Å². The number of nitrogens with zero attached hydrogens (tertiary/aromatic N) is 1. The van der Waals surface area contributed by atoms with Crippen LogP contribution in [0.2, 0.25) is 10.0 Å². The lowest BCUT2D eigenvalue weighted by Gasteiger charge is -2.10. The van der Waals surface area contributed by atoms with Crippen LogP contribution in [0.5, 0.6) is 0 Å². The summed E-state index contributed by atoms with van der Waals surface area (Å²) in [5, 5.41) is 10.2. The summed E-state index contributed by atoms with van der Waals surface area (Å²) < 4.78 is 0. The number of amides is 1. The van der Waals surface area contributed by atoms with Crippen molar-refractivity contribution in [1.29, 1.82) is 0 Å². The average molecular weight is 370 g/mol. The van der Waals surface area contributed by atoms with Crippen LogP contribution in [-0.4, -0.2) is 30.0 Å². The number of rotatable bonds is 5. The smallest absolute Gasteiger partial charge is 0.226 e. The van der Waals surface area contributed by atoms with Gasteiger partial charge in [-0.3, -0.25) is 4.79 Å². The molecule has 23 heavy (non-hydrogen) atoms. The molecule has 122 valence electrons. The normalized spacial score (nSPS) is 17.4. The molecule has 1 amide bonds. The first kappa shape index (κ1) is 16.7. The number of nitrogens with one attached hydrogen (secondary N) is 2. The van der Waals surface area contributed by atoms with Gasteiger partial charge in [0.05, 0.1) is 17.1 Å². The molecule has 7 heteroatoms. The maximum Gasteiger partial charge on any atom is 0.226 e. The SMILES string of the molecule is O=C(Cc1csc(-c2ccc(Cl)cc2Cl)n1)NCC1CCCN1. The van der Waals surface area contributed by atoms with Gasteiger partial charge in [-0.1, -0.05) is 23.2 Å². The summed E-state index contributed by atoms with van der Waals surface area (Å²) in [6.45, 7) is 1.72. The van der Waals surface area contributed by atoms with Gasteiger partial charge in [-0.05, 0) is 37.6 Å². The van der Waals surface area contributed by atoms with Crippen molar-refractivity contribution >= 4 is 40.4 Å². The van der Waals surface area contributed by atoms with E-state index in [1.54, 1.807) is 12.1 Å². The van der Waals surface area contributed by atoms with E-state index < -0.39 is 0 Å². The van der Waals surface area contributed by atoms with Gasteiger partial charge in [0.15, 0.2) is 0 Å². The van der Waals surface area contributed by atoms with Gasteiger partial charge in [0.1, 0.15) is 5.01 Å². The molecule has 0 radical (unpaired) electrons. The number of aromatic nitrogens is 1. The molecule has 1 aliphatic rings. The Morgan fingerprint density at radius 2 is 2.30 bits per heavy atom. The molecular weight excluding hydrogens is 353 g/mol. The predicted molar refractivity (Wildman–Crippen MR) is 95.3 cm³/mol. The van der Waals surface area contributed by atoms with E-state index in [0.717, 1.165) is 29.2 Å². The number of thiazole rings is 1. The molecule has 1 aliphatic heterocycles. The van der Waals surface area contributed by atoms with Crippen molar-refractivity contribution in [3.63, 3.8) is 0 Å². The standard InChI is InChI=1S/C16H17Cl2N3OS/c17-10-3-4-13(14(18)6-10)16-21-12(9-23-16)7-15(22)20-8-11-2-1-5-19-11/h3-4,6,9,11,19H,1-2,5,7-8H2,(H,20,22). The topological polar surface area (TPSA) is 54.0 Å². The van der Waals surface area contributed by atoms with Gasteiger partial charge in [-0.25, -0.2) is 4.98 Å². The quantitative estimate of drug-likeness (QED) is 0.847. The Hall–Kier alpha value is -1.14. The minimum atomic E-state index is -0.00208. The van der Waals surface area contributed by atoms with Crippen LogP contribution in [0.15, 0.2) is 23.6 Å². The summed E-state index contributed by atoms with van der Waals surface area (Å²) in [4.78, 5) is 16.5. The summed E-state index contributed by atoms with van der Waals surface area (Å²) in [6, 6.07) is 5.73. The average Bonchev–Trinajstić information content (AvgIpc) is 3.17. The monoisotopic (exact) mass is 369 g/mol. The van der Waals surface area contributed by atoms with Crippen LogP contribution in [0.1, 0.15) is 18.5 Å². The molecule has 2 heterocycles. The summed E-state index contributed by atoms with van der Waals surface area (Å²) >= 11 is 13.6. The minimum Gasteiger partial charge on any atom is -0.354 e. The Bertz CT molecular complexity index is 698. The van der Waals surface area contributed by atoms with Gasteiger partial charge in [-0.2, -0.15) is 0 Å². The lowest BCUT2D eigenvalue weighted by atomic mass is 10.2. The lowest BCUT2D eigenvalue weighted by Crippen LogP contribution is -2.37. The number of hydrogen-bond acceptors (Lipinski definition) is 4. The molecule has 0 aliphatic carbocycles. The van der Waals surface area contributed by atoms with E-state index in [9.17, 15) is 4.79 Å². The van der Waals surface area contributed by atoms with Gasteiger partial charge >= 0.3 is 0 Å². The second kappa shape index (κ2) is 7.62. The van der Waals surface area contributed by atoms with Crippen molar-refractivity contribution in [2.45, 2.75) is 25.3 Å². The van der Waals surface area contributed by atoms with E-state index in [1.807, 2.05) is 11.4 Å². The lowest BCUT2D eigenvalue weighted by molar-refractivity contribution is -0.120. The molecule has 3 rings (SSSR count). The van der Waals surface area contributed by atoms with Crippen molar-refractivity contribution in [3.05, 3.63) is 39.3 Å². The van der Waals surface area contributed by atoms with Crippen LogP contribution < -0.4 is 10.6 Å². The largest absolute Gasteiger partial charge is 0.354 e. The Morgan fingerprint density at radius 1 is 1.43 bits per heavy atom. The fraction of sp³-hybridized carbons (Fsp3) is 0.375. The molecular formula is C16H17Cl2N3OS. The highest BCUT2D eigenvalue weighted by Gasteiger charge is 2.16. The van der Waals surface area contributed by atoms with E-state index in [0.29, 0.717) is 22.6 Å². The molecule has 1 saturated heterocycles. The van der Waals surface area contributed by atoms with Crippen molar-refractivity contribution in [2.24, 2.45) is 0 Å². The van der Waals surface area contributed by atoms with E-state index in [-0.39, 0.29) is 12.3 Å². The Labute approximate surface area is 149 Å². The summed E-state index contributed by atoms with van der Waals surface area (Å²) in [5.74, 6) is -0.00208. The van der Waals surface area contributed by atoms with Crippen LogP contribution in [0.4, 0.5) is 0 Å². The maximum atomic E-state index is 12.0. The first-order valence-corrected chi connectivity index (χ1v) is 9.15. The number of carbonyl (C=O) groups excluding carboxylic acids is 1. The van der Waals surface area contributed by atoms with Gasteiger partial charge in [0.2, 0.25) is 5.91 Å². The predicted octanol–water partition coefficient (Wildman–Crippen LogP) is 3.53. The summed E-state index contributed by atoms with van der Waals surface area (Å²) in [5.41, 5.74) is 1.59. The number of benzene rings is 1. The minimum absolute atomic E-state index is 0.00208. The third-order valence-electron chi connectivity index (χ3n) is 3.76. The van der Waals surface area contributed by atoms with Gasteiger partial charge in [-0.15, -0.1) is 11.3 Å². The fourth-order valence-electron chi connectivity index (χ4n) is 2.57. The zero-order valence-corrected chi connectivity index (χ0v) is 14.8. The first-order chi connectivity index (χ1) is 11.1. The molecule has 1 fully saturated rings. The molecule has 0 saturated carbocycles. The zero-order chi connectivity index (χ0) is 16.2. The van der Waals surface area contributed by atoms with Crippen LogP contribution >= 0.6 is 34.5 Å². The van der Waals surface area contributed by atoms with Crippen LogP contribution in [-0.2, 0) is 11.2 Å². The number of hydrogen-bond donors (Lipinski definition) is 2. The Kier molecular flexibility index (Phi) is 5.54. The summed E-state index contributed by atoms with van der Waals surface area (Å²) in [6.07, 6.45) is 2.59. The Morgan fingerprint density at radius 3 is 3.04 bits per heavy atom. The van der Waals surface area contributed by atoms with Gasteiger partial charge in [0.25, 0.3) is 0 Å². The zero-order valence-electron chi connectivity index (χ0n) is 12.4. The number of halogens is 2. The van der Waals surface area contributed by atoms with Crippen molar-refractivity contribution < 1.29 is 4.79 Å². The summed E-state index contributed by atoms with van der Waals surface area (Å²) in [7, 11) is 0. The molecule has 1 aromatic carbocycles. The second-order valence-corrected chi connectivity index (χ2v) is 7.24. The van der Waals surface area contributed by atoms with Crippen LogP contribution in [0.3, 0.4) is 0 Å². The van der Waals surface area contributed by atoms with Crippen molar-refractivity contribution in [2.75, 3.05) is 13.1 Å². The third-order valence-corrected chi connectivity index (χ3v) is 5.24. The maximum absolute atomic E-state index is 12.0. The molecule has 0 spiro atoms. The van der Waals surface area contributed by atoms with E-state index in [4.69, 9.17) is 23.2 Å². The van der Waals surface area contributed by atoms with Crippen molar-refractivity contribution in [3.8, 4) is 10.6 Å². The first-order valence-electron chi connectivity index (χ1n) is 7.52. The number of carbonyl (C=O) groups is 1. The molecule has 0 bridgehead atoms. The second-order valence-electron chi connectivity index (χ2n) is 5.54. The molecule has 2 aromatic rings. The molecule has 4 nitrogen and oxygen atoms in total. The van der Waals surface area contributed by atoms with Crippen LogP contribution in [0, 0.1) is 0 Å². The molecule has 1 unspecified atom stereocenters. The van der Waals surface area contributed by atoms with Gasteiger partial charge < -0.3 is 10.6 Å². The molecule has 1 aromatic heterocycles. The highest BCUT2D eigenvalue weighted by molar-refractivity contribution is 7.13. The Balaban J connectivity index is 1.59. The van der Waals surface area contributed by atoms with Gasteiger partial charge in [0, 0.05) is 28.6 Å². The van der Waals surface area contributed by atoms with Crippen molar-refractivity contribution in [1.82, 2.24) is 15.6 Å². The molecule has 2 N–H and O–H groups in total. The van der Waals surface area contributed by atoms with E-state index in [1.165, 1.54) is 17.8 Å². The fourth-order valence-corrected chi connectivity index (χ4v) is 3.98. The molecule has 1 atom stereocenters. The highest BCUT2D eigenvalue weighted by Crippen LogP contribution is 2.32. The van der Waals surface area contributed by atoms with E-state index in [2.05, 4.69) is 15.6 Å².